The molecule has 17 heavy (non-hydrogen) atoms. The number of primary amides is 1. The molecule has 0 radical (unpaired) electrons. The smallest absolute Gasteiger partial charge is 0.318 e. The molecule has 1 rings (SSSR count). The summed E-state index contributed by atoms with van der Waals surface area (Å²) in [5.74, 6) is -0.467. The molecule has 0 spiro atoms. The summed E-state index contributed by atoms with van der Waals surface area (Å²) >= 11 is 0. The molecule has 0 unspecified atom stereocenters. The van der Waals surface area contributed by atoms with Crippen LogP contribution in [0, 0.1) is 0 Å². The van der Waals surface area contributed by atoms with E-state index < -0.39 is 11.9 Å². The van der Waals surface area contributed by atoms with Crippen LogP contribution in [0.4, 0.5) is 16.2 Å². The number of nitrogens with one attached hydrogen (secondary N) is 2. The zero-order valence-corrected chi connectivity index (χ0v) is 9.86. The summed E-state index contributed by atoms with van der Waals surface area (Å²) in [6, 6.07) is 6.70. The number of amides is 3. The van der Waals surface area contributed by atoms with E-state index in [0.717, 1.165) is 11.4 Å². The zero-order valence-electron chi connectivity index (χ0n) is 9.86. The van der Waals surface area contributed by atoms with Gasteiger partial charge in [0.2, 0.25) is 5.91 Å². The van der Waals surface area contributed by atoms with E-state index in [0.29, 0.717) is 0 Å². The van der Waals surface area contributed by atoms with Crippen LogP contribution in [0.1, 0.15) is 0 Å². The number of benzene rings is 1. The first kappa shape index (κ1) is 12.8. The third kappa shape index (κ3) is 4.02. The fraction of sp³-hybridized carbons (Fsp3) is 0.273. The lowest BCUT2D eigenvalue weighted by Crippen LogP contribution is -2.38. The summed E-state index contributed by atoms with van der Waals surface area (Å²) in [5.41, 5.74) is 6.61. The molecule has 0 aliphatic carbocycles. The molecule has 6 nitrogen and oxygen atoms in total. The molecule has 0 aliphatic heterocycles. The molecule has 1 aromatic carbocycles. The third-order valence-corrected chi connectivity index (χ3v) is 2.09. The van der Waals surface area contributed by atoms with Gasteiger partial charge in [-0.25, -0.2) is 4.79 Å². The van der Waals surface area contributed by atoms with Crippen LogP contribution in [0.2, 0.25) is 0 Å². The monoisotopic (exact) mass is 236 g/mol. The number of hydrogen-bond acceptors (Lipinski definition) is 4. The summed E-state index contributed by atoms with van der Waals surface area (Å²) < 4.78 is 0. The van der Waals surface area contributed by atoms with Crippen molar-refractivity contribution in [3.05, 3.63) is 24.3 Å². The molecule has 6 heteroatoms. The van der Waals surface area contributed by atoms with Crippen LogP contribution in [0.3, 0.4) is 0 Å². The van der Waals surface area contributed by atoms with Crippen LogP contribution < -0.4 is 21.3 Å². The minimum absolute atomic E-state index is 0.00616. The van der Waals surface area contributed by atoms with E-state index in [1.807, 2.05) is 48.6 Å². The average Bonchev–Trinajstić information content (AvgIpc) is 2.25. The fourth-order valence-electron chi connectivity index (χ4n) is 1.37. The van der Waals surface area contributed by atoms with E-state index in [1.54, 1.807) is 0 Å². The normalized spacial score (nSPS) is 9.53. The number of urea groups is 1. The Kier molecular flexibility index (Phi) is 4.33. The lowest BCUT2D eigenvalue weighted by atomic mass is 10.2. The van der Waals surface area contributed by atoms with Crippen LogP contribution in [-0.4, -0.2) is 32.6 Å². The second-order valence-corrected chi connectivity index (χ2v) is 3.68. The molecule has 0 saturated heterocycles. The maximum Gasteiger partial charge on any atom is 0.318 e. The molecule has 0 heterocycles. The first-order valence-corrected chi connectivity index (χ1v) is 5.10. The number of carbonyl (C=O) groups is 2. The quantitative estimate of drug-likeness (QED) is 0.704. The average molecular weight is 236 g/mol. The Labute approximate surface area is 99.8 Å². The van der Waals surface area contributed by atoms with Gasteiger partial charge in [0.25, 0.3) is 0 Å². The standard InChI is InChI=1S/C11H16N4O2/c1-15(2)9-6-4-3-5-8(9)13-7-10(16)14-11(12)17/h3-6,13H,7H2,1-2H3,(H3,12,14,16,17). The van der Waals surface area contributed by atoms with Gasteiger partial charge in [0.1, 0.15) is 0 Å². The molecular weight excluding hydrogens is 220 g/mol. The molecule has 0 aromatic heterocycles. The van der Waals surface area contributed by atoms with Gasteiger partial charge in [-0.05, 0) is 12.1 Å². The van der Waals surface area contributed by atoms with Crippen LogP contribution in [0.5, 0.6) is 0 Å². The molecule has 3 amide bonds. The molecule has 0 aliphatic rings. The Bertz CT molecular complexity index is 418. The summed E-state index contributed by atoms with van der Waals surface area (Å²) in [5, 5.41) is 4.92. The van der Waals surface area contributed by atoms with E-state index in [9.17, 15) is 9.59 Å². The Balaban J connectivity index is 2.63. The van der Waals surface area contributed by atoms with E-state index in [2.05, 4.69) is 5.32 Å². The number of para-hydroxylation sites is 2. The Morgan fingerprint density at radius 3 is 2.53 bits per heavy atom. The molecular formula is C11H16N4O2. The minimum atomic E-state index is -0.849. The highest BCUT2D eigenvalue weighted by molar-refractivity contribution is 5.95. The highest BCUT2D eigenvalue weighted by Gasteiger charge is 2.06. The number of rotatable bonds is 4. The van der Waals surface area contributed by atoms with E-state index in [1.165, 1.54) is 0 Å². The SMILES string of the molecule is CN(C)c1ccccc1NCC(=O)NC(N)=O. The van der Waals surface area contributed by atoms with Crippen LogP contribution in [0.25, 0.3) is 0 Å². The molecule has 0 atom stereocenters. The van der Waals surface area contributed by atoms with E-state index in [-0.39, 0.29) is 6.54 Å². The second kappa shape index (κ2) is 5.74. The second-order valence-electron chi connectivity index (χ2n) is 3.68. The maximum absolute atomic E-state index is 11.2. The summed E-state index contributed by atoms with van der Waals surface area (Å²) in [7, 11) is 3.81. The van der Waals surface area contributed by atoms with Crippen molar-refractivity contribution in [1.29, 1.82) is 0 Å². The van der Waals surface area contributed by atoms with Gasteiger partial charge < -0.3 is 16.0 Å². The van der Waals surface area contributed by atoms with Gasteiger partial charge in [0, 0.05) is 14.1 Å². The largest absolute Gasteiger partial charge is 0.376 e. The molecule has 1 aromatic rings. The Morgan fingerprint density at radius 1 is 1.29 bits per heavy atom. The first-order valence-electron chi connectivity index (χ1n) is 5.10. The molecule has 92 valence electrons. The van der Waals surface area contributed by atoms with Gasteiger partial charge in [-0.1, -0.05) is 12.1 Å². The van der Waals surface area contributed by atoms with Crippen LogP contribution in [-0.2, 0) is 4.79 Å². The zero-order chi connectivity index (χ0) is 12.8. The van der Waals surface area contributed by atoms with Gasteiger partial charge in [0.05, 0.1) is 17.9 Å². The number of carbonyl (C=O) groups excluding carboxylic acids is 2. The lowest BCUT2D eigenvalue weighted by molar-refractivity contribution is -0.118. The molecule has 0 fully saturated rings. The van der Waals surface area contributed by atoms with Gasteiger partial charge in [-0.2, -0.15) is 0 Å². The van der Waals surface area contributed by atoms with Crippen molar-refractivity contribution < 1.29 is 9.59 Å². The van der Waals surface area contributed by atoms with Gasteiger partial charge in [-0.15, -0.1) is 0 Å². The number of anilines is 2. The third-order valence-electron chi connectivity index (χ3n) is 2.09. The summed E-state index contributed by atoms with van der Waals surface area (Å²) in [6.07, 6.45) is 0. The molecule has 0 bridgehead atoms. The predicted octanol–water partition coefficient (Wildman–Crippen LogP) is 0.359. The number of nitrogens with zero attached hydrogens (tertiary/aromatic N) is 1. The molecule has 4 N–H and O–H groups in total. The van der Waals surface area contributed by atoms with Gasteiger partial charge in [0.15, 0.2) is 0 Å². The van der Waals surface area contributed by atoms with Crippen molar-refractivity contribution in [3.63, 3.8) is 0 Å². The first-order chi connectivity index (χ1) is 8.00. The highest BCUT2D eigenvalue weighted by Crippen LogP contribution is 2.22. The highest BCUT2D eigenvalue weighted by atomic mass is 16.2. The predicted molar refractivity (Wildman–Crippen MR) is 67.0 cm³/mol. The van der Waals surface area contributed by atoms with E-state index in [4.69, 9.17) is 5.73 Å². The number of imide groups is 1. The fourth-order valence-corrected chi connectivity index (χ4v) is 1.37. The van der Waals surface area contributed by atoms with Crippen LogP contribution >= 0.6 is 0 Å². The van der Waals surface area contributed by atoms with Crippen molar-refractivity contribution in [2.24, 2.45) is 5.73 Å². The maximum atomic E-state index is 11.2. The number of nitrogens with two attached hydrogens (primary N) is 1. The minimum Gasteiger partial charge on any atom is -0.376 e. The van der Waals surface area contributed by atoms with Crippen molar-refractivity contribution in [2.75, 3.05) is 30.9 Å². The Hall–Kier alpha value is -2.24. The topological polar surface area (TPSA) is 87.5 Å². The van der Waals surface area contributed by atoms with Crippen molar-refractivity contribution >= 4 is 23.3 Å². The lowest BCUT2D eigenvalue weighted by Gasteiger charge is -2.17. The summed E-state index contributed by atoms with van der Waals surface area (Å²) in [6.45, 7) is -0.00616. The Morgan fingerprint density at radius 2 is 1.94 bits per heavy atom. The molecule has 0 saturated carbocycles. The van der Waals surface area contributed by atoms with Crippen LogP contribution in [0.15, 0.2) is 24.3 Å². The van der Waals surface area contributed by atoms with Crippen molar-refractivity contribution in [2.45, 2.75) is 0 Å². The number of hydrogen-bond donors (Lipinski definition) is 3. The van der Waals surface area contributed by atoms with Gasteiger partial charge in [-0.3, -0.25) is 10.1 Å². The van der Waals surface area contributed by atoms with Gasteiger partial charge >= 0.3 is 6.03 Å². The van der Waals surface area contributed by atoms with E-state index >= 15 is 0 Å². The summed E-state index contributed by atoms with van der Waals surface area (Å²) in [4.78, 5) is 23.6. The van der Waals surface area contributed by atoms with Crippen molar-refractivity contribution in [1.82, 2.24) is 5.32 Å². The van der Waals surface area contributed by atoms with Crippen molar-refractivity contribution in [3.8, 4) is 0 Å².